The van der Waals surface area contributed by atoms with Gasteiger partial charge in [-0.1, -0.05) is 12.4 Å². The standard InChI is InChI=1S/C5H10NO2/c1-3-4-5(7)6-8-2/h3-4H2,1-2H3. The Bertz CT molecular complexity index is 64.8. The van der Waals surface area contributed by atoms with E-state index in [9.17, 15) is 4.79 Å². The summed E-state index contributed by atoms with van der Waals surface area (Å²) in [5.74, 6) is -0.185. The summed E-state index contributed by atoms with van der Waals surface area (Å²) in [6.45, 7) is 1.92. The Balaban J connectivity index is 3.06. The molecule has 0 aromatic rings. The van der Waals surface area contributed by atoms with Gasteiger partial charge in [-0.3, -0.25) is 9.63 Å². The molecule has 0 unspecified atom stereocenters. The molecule has 1 radical (unpaired) electrons. The highest BCUT2D eigenvalue weighted by atomic mass is 16.6. The first kappa shape index (κ1) is 7.43. The van der Waals surface area contributed by atoms with Gasteiger partial charge >= 0.3 is 0 Å². The van der Waals surface area contributed by atoms with Crippen LogP contribution in [0.5, 0.6) is 0 Å². The van der Waals surface area contributed by atoms with E-state index < -0.39 is 0 Å². The van der Waals surface area contributed by atoms with Crippen LogP contribution < -0.4 is 5.48 Å². The number of hydrogen-bond donors (Lipinski definition) is 0. The lowest BCUT2D eigenvalue weighted by atomic mass is 10.3. The van der Waals surface area contributed by atoms with Gasteiger partial charge in [-0.05, 0) is 6.42 Å². The summed E-state index contributed by atoms with van der Waals surface area (Å²) >= 11 is 0. The van der Waals surface area contributed by atoms with Gasteiger partial charge in [0.15, 0.2) is 0 Å². The predicted molar refractivity (Wildman–Crippen MR) is 29.1 cm³/mol. The van der Waals surface area contributed by atoms with Crippen molar-refractivity contribution in [3.8, 4) is 0 Å². The molecular formula is C5H10NO2. The normalized spacial score (nSPS) is 8.75. The van der Waals surface area contributed by atoms with E-state index in [1.165, 1.54) is 7.11 Å². The zero-order valence-corrected chi connectivity index (χ0v) is 5.18. The summed E-state index contributed by atoms with van der Waals surface area (Å²) < 4.78 is 0. The number of nitrogens with zero attached hydrogens (tertiary/aromatic N) is 1. The second kappa shape index (κ2) is 4.59. The van der Waals surface area contributed by atoms with Crippen LogP contribution in [0.3, 0.4) is 0 Å². The van der Waals surface area contributed by atoms with Crippen molar-refractivity contribution in [1.29, 1.82) is 0 Å². The van der Waals surface area contributed by atoms with Crippen LogP contribution in [0.25, 0.3) is 0 Å². The zero-order chi connectivity index (χ0) is 6.41. The van der Waals surface area contributed by atoms with Crippen LogP contribution in [0.4, 0.5) is 0 Å². The predicted octanol–water partition coefficient (Wildman–Crippen LogP) is 0.479. The molecule has 0 rings (SSSR count). The van der Waals surface area contributed by atoms with Crippen molar-refractivity contribution in [3.05, 3.63) is 0 Å². The molecule has 0 N–H and O–H groups in total. The highest BCUT2D eigenvalue weighted by Crippen LogP contribution is 1.85. The Hall–Kier alpha value is -0.570. The molecule has 0 saturated carbocycles. The molecule has 8 heavy (non-hydrogen) atoms. The summed E-state index contributed by atoms with van der Waals surface area (Å²) in [4.78, 5) is 14.6. The van der Waals surface area contributed by atoms with Gasteiger partial charge in [0.25, 0.3) is 5.91 Å². The Morgan fingerprint density at radius 2 is 2.38 bits per heavy atom. The van der Waals surface area contributed by atoms with Crippen LogP contribution in [0, 0.1) is 0 Å². The fourth-order valence-corrected chi connectivity index (χ4v) is 0.361. The summed E-state index contributed by atoms with van der Waals surface area (Å²) in [7, 11) is 1.37. The van der Waals surface area contributed by atoms with Crippen molar-refractivity contribution in [2.24, 2.45) is 0 Å². The van der Waals surface area contributed by atoms with Crippen molar-refractivity contribution in [2.75, 3.05) is 7.11 Å². The minimum absolute atomic E-state index is 0.185. The Kier molecular flexibility index (Phi) is 4.26. The highest BCUT2D eigenvalue weighted by molar-refractivity contribution is 5.74. The molecule has 47 valence electrons. The largest absolute Gasteiger partial charge is 0.270 e. The fraction of sp³-hybridized carbons (Fsp3) is 0.800. The van der Waals surface area contributed by atoms with E-state index in [2.05, 4.69) is 10.3 Å². The van der Waals surface area contributed by atoms with Gasteiger partial charge in [0.2, 0.25) is 0 Å². The third kappa shape index (κ3) is 3.61. The zero-order valence-electron chi connectivity index (χ0n) is 5.18. The first-order chi connectivity index (χ1) is 3.81. The molecule has 0 heterocycles. The molecule has 3 heteroatoms. The van der Waals surface area contributed by atoms with E-state index in [-0.39, 0.29) is 5.91 Å². The van der Waals surface area contributed by atoms with Gasteiger partial charge in [-0.2, -0.15) is 0 Å². The number of amides is 1. The average Bonchev–Trinajstić information content (AvgIpc) is 1.68. The second-order valence-electron chi connectivity index (χ2n) is 1.42. The summed E-state index contributed by atoms with van der Waals surface area (Å²) in [5, 5.41) is 0. The third-order valence-electron chi connectivity index (χ3n) is 0.657. The van der Waals surface area contributed by atoms with Gasteiger partial charge in [-0.15, -0.1) is 0 Å². The molecule has 1 amide bonds. The maximum atomic E-state index is 10.4. The second-order valence-corrected chi connectivity index (χ2v) is 1.42. The first-order valence-corrected chi connectivity index (χ1v) is 2.58. The molecule has 0 spiro atoms. The summed E-state index contributed by atoms with van der Waals surface area (Å²) in [6.07, 6.45) is 1.31. The van der Waals surface area contributed by atoms with Gasteiger partial charge in [0.1, 0.15) is 0 Å². The molecule has 0 aliphatic carbocycles. The average molecular weight is 116 g/mol. The van der Waals surface area contributed by atoms with Crippen molar-refractivity contribution in [2.45, 2.75) is 19.8 Å². The third-order valence-corrected chi connectivity index (χ3v) is 0.657. The SMILES string of the molecule is CCCC(=O)[N]OC. The maximum absolute atomic E-state index is 10.4. The molecule has 0 fully saturated rings. The van der Waals surface area contributed by atoms with E-state index in [0.717, 1.165) is 6.42 Å². The molecular weight excluding hydrogens is 106 g/mol. The van der Waals surface area contributed by atoms with Crippen LogP contribution in [0.15, 0.2) is 0 Å². The molecule has 3 nitrogen and oxygen atoms in total. The molecule has 0 aromatic heterocycles. The van der Waals surface area contributed by atoms with Crippen molar-refractivity contribution < 1.29 is 9.63 Å². The van der Waals surface area contributed by atoms with Gasteiger partial charge in [0.05, 0.1) is 7.11 Å². The quantitative estimate of drug-likeness (QED) is 0.503. The highest BCUT2D eigenvalue weighted by Gasteiger charge is 1.97. The number of hydroxylamine groups is 1. The van der Waals surface area contributed by atoms with E-state index in [0.29, 0.717) is 6.42 Å². The lowest BCUT2D eigenvalue weighted by Crippen LogP contribution is -2.12. The lowest BCUT2D eigenvalue weighted by Gasteiger charge is -1.92. The summed E-state index contributed by atoms with van der Waals surface area (Å²) in [6, 6.07) is 0. The summed E-state index contributed by atoms with van der Waals surface area (Å²) in [5.41, 5.74) is 3.18. The van der Waals surface area contributed by atoms with Crippen LogP contribution in [-0.4, -0.2) is 13.0 Å². The van der Waals surface area contributed by atoms with E-state index in [4.69, 9.17) is 0 Å². The van der Waals surface area contributed by atoms with Gasteiger partial charge < -0.3 is 0 Å². The molecule has 0 atom stereocenters. The number of carbonyl (C=O) groups excluding carboxylic acids is 1. The monoisotopic (exact) mass is 116 g/mol. The van der Waals surface area contributed by atoms with Crippen molar-refractivity contribution in [1.82, 2.24) is 5.48 Å². The Morgan fingerprint density at radius 3 is 2.75 bits per heavy atom. The van der Waals surface area contributed by atoms with E-state index >= 15 is 0 Å². The number of hydrogen-bond acceptors (Lipinski definition) is 2. The van der Waals surface area contributed by atoms with Crippen LogP contribution in [0.1, 0.15) is 19.8 Å². The van der Waals surface area contributed by atoms with Crippen LogP contribution >= 0.6 is 0 Å². The lowest BCUT2D eigenvalue weighted by molar-refractivity contribution is -0.132. The fourth-order valence-electron chi connectivity index (χ4n) is 0.361. The van der Waals surface area contributed by atoms with Crippen molar-refractivity contribution >= 4 is 5.91 Å². The van der Waals surface area contributed by atoms with Gasteiger partial charge in [-0.25, -0.2) is 0 Å². The topological polar surface area (TPSA) is 40.4 Å². The maximum Gasteiger partial charge on any atom is 0.269 e. The minimum atomic E-state index is -0.185. The first-order valence-electron chi connectivity index (χ1n) is 2.58. The number of rotatable bonds is 3. The van der Waals surface area contributed by atoms with E-state index in [1.54, 1.807) is 0 Å². The van der Waals surface area contributed by atoms with Crippen LogP contribution in [0.2, 0.25) is 0 Å². The Morgan fingerprint density at radius 1 is 1.75 bits per heavy atom. The van der Waals surface area contributed by atoms with Gasteiger partial charge in [0, 0.05) is 6.42 Å². The van der Waals surface area contributed by atoms with E-state index in [1.807, 2.05) is 6.92 Å². The molecule has 0 aliphatic rings. The molecule has 0 aromatic carbocycles. The smallest absolute Gasteiger partial charge is 0.269 e. The minimum Gasteiger partial charge on any atom is -0.270 e. The molecule has 0 aliphatic heterocycles. The van der Waals surface area contributed by atoms with Crippen LogP contribution in [-0.2, 0) is 9.63 Å². The van der Waals surface area contributed by atoms with Crippen molar-refractivity contribution in [3.63, 3.8) is 0 Å². The molecule has 0 bridgehead atoms. The Labute approximate surface area is 49.0 Å². The number of carbonyl (C=O) groups is 1. The molecule has 0 saturated heterocycles.